The molecular weight excluding hydrogens is 597 g/mol. The highest BCUT2D eigenvalue weighted by Gasteiger charge is 2.23. The summed E-state index contributed by atoms with van der Waals surface area (Å²) in [7, 11) is 0. The Bertz CT molecular complexity index is 2290. The van der Waals surface area contributed by atoms with Gasteiger partial charge in [0.25, 0.3) is 0 Å². The number of hydrogen-bond acceptors (Lipinski definition) is 1. The van der Waals surface area contributed by atoms with Gasteiger partial charge in [-0.15, -0.1) is 11.3 Å². The molecule has 0 saturated heterocycles. The molecule has 0 aliphatic rings. The topological polar surface area (TPSA) is 0 Å². The van der Waals surface area contributed by atoms with Crippen LogP contribution in [0.15, 0.2) is 91.0 Å². The van der Waals surface area contributed by atoms with Crippen molar-refractivity contribution in [2.75, 3.05) is 0 Å². The first kappa shape index (κ1) is 32.6. The predicted octanol–water partition coefficient (Wildman–Crippen LogP) is 15.3. The van der Waals surface area contributed by atoms with Crippen molar-refractivity contribution < 1.29 is 0 Å². The summed E-state index contributed by atoms with van der Waals surface area (Å²) >= 11 is 1.89. The molecule has 48 heavy (non-hydrogen) atoms. The summed E-state index contributed by atoms with van der Waals surface area (Å²) in [5.74, 6) is 2.19. The lowest BCUT2D eigenvalue weighted by atomic mass is 9.79. The molecule has 0 amide bonds. The van der Waals surface area contributed by atoms with E-state index in [4.69, 9.17) is 0 Å². The molecule has 0 nitrogen and oxygen atoms in total. The Morgan fingerprint density at radius 1 is 0.375 bits per heavy atom. The first-order valence-corrected chi connectivity index (χ1v) is 18.9. The van der Waals surface area contributed by atoms with E-state index in [0.29, 0.717) is 29.6 Å². The Hall–Kier alpha value is -3.94. The Morgan fingerprint density at radius 3 is 1.40 bits per heavy atom. The minimum atomic E-state index is 0.392. The molecule has 0 radical (unpaired) electrons. The quantitative estimate of drug-likeness (QED) is 0.151. The van der Waals surface area contributed by atoms with E-state index < -0.39 is 0 Å². The zero-order valence-corrected chi connectivity index (χ0v) is 31.3. The largest absolute Gasteiger partial charge is 0.135 e. The van der Waals surface area contributed by atoms with Gasteiger partial charge in [-0.3, -0.25) is 0 Å². The summed E-state index contributed by atoms with van der Waals surface area (Å²) in [4.78, 5) is 0. The third-order valence-corrected chi connectivity index (χ3v) is 11.6. The van der Waals surface area contributed by atoms with Gasteiger partial charge in [0.2, 0.25) is 0 Å². The lowest BCUT2D eigenvalue weighted by Crippen LogP contribution is -2.04. The van der Waals surface area contributed by atoms with Crippen molar-refractivity contribution >= 4 is 53.1 Å². The SMILES string of the molecule is CC(C)c1cc(C(C)C)c(-c2ccc3c(C(C)C)c4cc(-c5ccc6sc7ccccc7c6c5)ccc4c(C(C)C)c3c2)c(C(C)C)c1. The second-order valence-electron chi connectivity index (χ2n) is 15.5. The summed E-state index contributed by atoms with van der Waals surface area (Å²) < 4.78 is 2.71. The first-order valence-electron chi connectivity index (χ1n) is 18.1. The van der Waals surface area contributed by atoms with Crippen LogP contribution in [-0.4, -0.2) is 0 Å². The molecule has 1 heterocycles. The highest BCUT2D eigenvalue weighted by Crippen LogP contribution is 2.45. The highest BCUT2D eigenvalue weighted by molar-refractivity contribution is 7.25. The van der Waals surface area contributed by atoms with Gasteiger partial charge in [-0.2, -0.15) is 0 Å². The van der Waals surface area contributed by atoms with Gasteiger partial charge in [0.15, 0.2) is 0 Å². The molecule has 1 aromatic heterocycles. The lowest BCUT2D eigenvalue weighted by Gasteiger charge is -2.25. The molecule has 0 unspecified atom stereocenters. The van der Waals surface area contributed by atoms with Crippen LogP contribution in [0.4, 0.5) is 0 Å². The summed E-state index contributed by atoms with van der Waals surface area (Å²) in [5, 5.41) is 8.31. The fraction of sp³-hybridized carbons (Fsp3) is 0.319. The van der Waals surface area contributed by atoms with E-state index in [2.05, 4.69) is 160 Å². The van der Waals surface area contributed by atoms with Gasteiger partial charge >= 0.3 is 0 Å². The van der Waals surface area contributed by atoms with Crippen LogP contribution in [0.3, 0.4) is 0 Å². The van der Waals surface area contributed by atoms with Crippen LogP contribution >= 0.6 is 11.3 Å². The number of hydrogen-bond donors (Lipinski definition) is 0. The van der Waals surface area contributed by atoms with Crippen molar-refractivity contribution in [3.05, 3.63) is 119 Å². The molecule has 0 aliphatic carbocycles. The molecule has 0 spiro atoms. The molecule has 0 aliphatic heterocycles. The second kappa shape index (κ2) is 12.5. The molecule has 244 valence electrons. The Kier molecular flexibility index (Phi) is 8.49. The summed E-state index contributed by atoms with van der Waals surface area (Å²) in [5.41, 5.74) is 12.7. The summed E-state index contributed by atoms with van der Waals surface area (Å²) in [6, 6.07) is 35.5. The van der Waals surface area contributed by atoms with Gasteiger partial charge in [0.05, 0.1) is 0 Å². The van der Waals surface area contributed by atoms with Crippen molar-refractivity contribution in [3.8, 4) is 22.3 Å². The van der Waals surface area contributed by atoms with Crippen molar-refractivity contribution in [2.45, 2.75) is 98.8 Å². The van der Waals surface area contributed by atoms with Gasteiger partial charge in [-0.25, -0.2) is 0 Å². The Labute approximate surface area is 291 Å². The van der Waals surface area contributed by atoms with Crippen molar-refractivity contribution in [3.63, 3.8) is 0 Å². The van der Waals surface area contributed by atoms with E-state index in [-0.39, 0.29) is 0 Å². The number of rotatable bonds is 7. The number of thiophene rings is 1. The standard InChI is InChI=1S/C47H50S/c1-26(2)34-24-38(27(3)4)47(39(25-34)28(5)6)33-16-19-37-42(23-33)46(30(9)10)36-18-15-31(22-41(36)45(37)29(7)8)32-17-20-44-40(21-32)35-13-11-12-14-43(35)48-44/h11-30H,1-10H3. The fourth-order valence-electron chi connectivity index (χ4n) is 8.07. The Balaban J connectivity index is 1.49. The molecule has 0 N–H and O–H groups in total. The third kappa shape index (κ3) is 5.45. The van der Waals surface area contributed by atoms with Crippen LogP contribution in [0, 0.1) is 0 Å². The normalized spacial score (nSPS) is 12.5. The predicted molar refractivity (Wildman–Crippen MR) is 216 cm³/mol. The lowest BCUT2D eigenvalue weighted by molar-refractivity contribution is 0.807. The minimum absolute atomic E-state index is 0.392. The van der Waals surface area contributed by atoms with Crippen LogP contribution in [0.5, 0.6) is 0 Å². The first-order chi connectivity index (χ1) is 22.9. The third-order valence-electron chi connectivity index (χ3n) is 10.5. The number of fused-ring (bicyclic) bond motifs is 5. The minimum Gasteiger partial charge on any atom is -0.135 e. The van der Waals surface area contributed by atoms with Gasteiger partial charge in [0, 0.05) is 20.2 Å². The van der Waals surface area contributed by atoms with E-state index in [1.54, 1.807) is 0 Å². The molecule has 6 aromatic carbocycles. The molecule has 7 aromatic rings. The van der Waals surface area contributed by atoms with Crippen LogP contribution in [0.1, 0.15) is 127 Å². The van der Waals surface area contributed by atoms with E-state index in [9.17, 15) is 0 Å². The molecule has 0 fully saturated rings. The van der Waals surface area contributed by atoms with E-state index in [1.165, 1.54) is 91.8 Å². The monoisotopic (exact) mass is 646 g/mol. The average molecular weight is 647 g/mol. The van der Waals surface area contributed by atoms with E-state index >= 15 is 0 Å². The van der Waals surface area contributed by atoms with E-state index in [1.807, 2.05) is 11.3 Å². The number of benzene rings is 6. The van der Waals surface area contributed by atoms with Gasteiger partial charge < -0.3 is 0 Å². The van der Waals surface area contributed by atoms with Crippen molar-refractivity contribution in [1.82, 2.24) is 0 Å². The molecule has 7 rings (SSSR count). The molecule has 1 heteroatoms. The zero-order chi connectivity index (χ0) is 34.0. The van der Waals surface area contributed by atoms with Gasteiger partial charge in [0.1, 0.15) is 0 Å². The van der Waals surface area contributed by atoms with Crippen LogP contribution in [0.25, 0.3) is 64.0 Å². The van der Waals surface area contributed by atoms with Crippen LogP contribution in [-0.2, 0) is 0 Å². The van der Waals surface area contributed by atoms with Crippen molar-refractivity contribution in [2.24, 2.45) is 0 Å². The zero-order valence-electron chi connectivity index (χ0n) is 30.5. The summed E-state index contributed by atoms with van der Waals surface area (Å²) in [6.45, 7) is 23.5. The fourth-order valence-corrected chi connectivity index (χ4v) is 9.15. The highest BCUT2D eigenvalue weighted by atomic mass is 32.1. The van der Waals surface area contributed by atoms with Crippen LogP contribution < -0.4 is 0 Å². The maximum atomic E-state index is 2.54. The maximum absolute atomic E-state index is 2.54. The average Bonchev–Trinajstić information content (AvgIpc) is 3.43. The molecular formula is C47H50S. The molecule has 0 atom stereocenters. The molecule has 0 saturated carbocycles. The van der Waals surface area contributed by atoms with Gasteiger partial charge in [-0.1, -0.05) is 130 Å². The Morgan fingerprint density at radius 2 is 0.854 bits per heavy atom. The molecule has 0 bridgehead atoms. The maximum Gasteiger partial charge on any atom is 0.0355 e. The van der Waals surface area contributed by atoms with Gasteiger partial charge in [-0.05, 0) is 132 Å². The second-order valence-corrected chi connectivity index (χ2v) is 16.6. The summed E-state index contributed by atoms with van der Waals surface area (Å²) in [6.07, 6.45) is 0. The smallest absolute Gasteiger partial charge is 0.0355 e. The van der Waals surface area contributed by atoms with E-state index in [0.717, 1.165) is 0 Å². The van der Waals surface area contributed by atoms with Crippen LogP contribution in [0.2, 0.25) is 0 Å². The van der Waals surface area contributed by atoms with Crippen molar-refractivity contribution in [1.29, 1.82) is 0 Å².